The lowest BCUT2D eigenvalue weighted by Crippen LogP contribution is -3.08. The number of nitrogens with one attached hydrogen (secondary N) is 4. The zero-order chi connectivity index (χ0) is 18.9. The first-order valence-electron chi connectivity index (χ1n) is 9.13. The predicted octanol–water partition coefficient (Wildman–Crippen LogP) is 0.513. The Morgan fingerprint density at radius 2 is 1.67 bits per heavy atom. The second-order valence-corrected chi connectivity index (χ2v) is 8.78. The molecule has 0 aliphatic carbocycles. The molecule has 0 unspecified atom stereocenters. The van der Waals surface area contributed by atoms with Crippen LogP contribution in [0.3, 0.4) is 0 Å². The molecule has 8 heteroatoms. The van der Waals surface area contributed by atoms with E-state index in [1.165, 1.54) is 43.6 Å². The summed E-state index contributed by atoms with van der Waals surface area (Å²) in [5.74, 6) is 0. The first-order chi connectivity index (χ1) is 13.0. The molecule has 0 saturated carbocycles. The quantitative estimate of drug-likeness (QED) is 0.496. The summed E-state index contributed by atoms with van der Waals surface area (Å²) >= 11 is 0. The van der Waals surface area contributed by atoms with E-state index in [0.29, 0.717) is 11.0 Å². The van der Waals surface area contributed by atoms with Crippen molar-refractivity contribution in [1.29, 1.82) is 0 Å². The van der Waals surface area contributed by atoms with Crippen molar-refractivity contribution in [3.8, 4) is 0 Å². The van der Waals surface area contributed by atoms with E-state index in [2.05, 4.69) is 20.8 Å². The fraction of sp³-hybridized carbons (Fsp3) is 0.316. The van der Waals surface area contributed by atoms with E-state index in [4.69, 9.17) is 0 Å². The molecule has 2 aromatic carbocycles. The normalized spacial score (nSPS) is 15.6. The van der Waals surface area contributed by atoms with E-state index < -0.39 is 10.0 Å². The third-order valence-corrected chi connectivity index (χ3v) is 6.52. The van der Waals surface area contributed by atoms with Gasteiger partial charge in [0.15, 0.2) is 0 Å². The number of imidazole rings is 1. The highest BCUT2D eigenvalue weighted by molar-refractivity contribution is 7.89. The first-order valence-corrected chi connectivity index (χ1v) is 10.6. The number of rotatable bonds is 6. The third kappa shape index (κ3) is 3.97. The molecule has 0 bridgehead atoms. The average molecular weight is 387 g/mol. The molecule has 0 radical (unpaired) electrons. The zero-order valence-electron chi connectivity index (χ0n) is 14.9. The molecule has 142 valence electrons. The Morgan fingerprint density at radius 3 is 2.44 bits per heavy atom. The molecule has 1 aromatic heterocycles. The fourth-order valence-corrected chi connectivity index (χ4v) is 4.69. The van der Waals surface area contributed by atoms with Gasteiger partial charge in [-0.15, -0.1) is 0 Å². The maximum atomic E-state index is 12.7. The Bertz CT molecular complexity index is 1110. The summed E-state index contributed by atoms with van der Waals surface area (Å²) in [6.45, 7) is 3.52. The van der Waals surface area contributed by atoms with Crippen LogP contribution in [0.1, 0.15) is 24.0 Å². The van der Waals surface area contributed by atoms with Gasteiger partial charge in [-0.05, 0) is 23.8 Å². The van der Waals surface area contributed by atoms with Crippen LogP contribution in [0.4, 0.5) is 0 Å². The molecular weight excluding hydrogens is 364 g/mol. The predicted molar refractivity (Wildman–Crippen MR) is 103 cm³/mol. The highest BCUT2D eigenvalue weighted by Crippen LogP contribution is 2.16. The highest BCUT2D eigenvalue weighted by Gasteiger charge is 2.19. The summed E-state index contributed by atoms with van der Waals surface area (Å²) in [4.78, 5) is 18.2. The Balaban J connectivity index is 1.52. The molecule has 0 spiro atoms. The molecule has 2 heterocycles. The maximum absolute atomic E-state index is 12.7. The lowest BCUT2D eigenvalue weighted by molar-refractivity contribution is -0.901. The zero-order valence-corrected chi connectivity index (χ0v) is 15.7. The van der Waals surface area contributed by atoms with Crippen LogP contribution in [0.25, 0.3) is 11.0 Å². The highest BCUT2D eigenvalue weighted by atomic mass is 32.2. The first kappa shape index (κ1) is 18.0. The molecule has 3 aromatic rings. The van der Waals surface area contributed by atoms with Gasteiger partial charge in [0.05, 0.1) is 29.0 Å². The topological polar surface area (TPSA) is 99.3 Å². The lowest BCUT2D eigenvalue weighted by Gasteiger charge is -2.15. The second-order valence-electron chi connectivity index (χ2n) is 7.01. The van der Waals surface area contributed by atoms with Crippen LogP contribution in [0.2, 0.25) is 0 Å². The van der Waals surface area contributed by atoms with Crippen molar-refractivity contribution in [2.75, 3.05) is 13.1 Å². The number of likely N-dealkylation sites (tertiary alicyclic amines) is 1. The van der Waals surface area contributed by atoms with E-state index in [9.17, 15) is 13.2 Å². The van der Waals surface area contributed by atoms with Crippen LogP contribution in [0, 0.1) is 0 Å². The molecule has 1 aliphatic heterocycles. The minimum atomic E-state index is -3.68. The molecule has 1 fully saturated rings. The van der Waals surface area contributed by atoms with Crippen molar-refractivity contribution < 1.29 is 13.3 Å². The summed E-state index contributed by atoms with van der Waals surface area (Å²) in [6.07, 6.45) is 2.52. The molecule has 1 aliphatic rings. The van der Waals surface area contributed by atoms with Crippen LogP contribution in [0.5, 0.6) is 0 Å². The second kappa shape index (κ2) is 7.30. The monoisotopic (exact) mass is 387 g/mol. The molecule has 4 rings (SSSR count). The number of hydrogen-bond acceptors (Lipinski definition) is 3. The summed E-state index contributed by atoms with van der Waals surface area (Å²) in [5, 5.41) is 0. The van der Waals surface area contributed by atoms with E-state index in [1.54, 1.807) is 11.0 Å². The Morgan fingerprint density at radius 1 is 0.963 bits per heavy atom. The molecule has 27 heavy (non-hydrogen) atoms. The van der Waals surface area contributed by atoms with Gasteiger partial charge in [-0.1, -0.05) is 24.3 Å². The van der Waals surface area contributed by atoms with Gasteiger partial charge in [0, 0.05) is 24.9 Å². The number of aromatic nitrogens is 2. The minimum Gasteiger partial charge on any atom is -0.331 e. The molecule has 7 nitrogen and oxygen atoms in total. The van der Waals surface area contributed by atoms with Gasteiger partial charge in [0.1, 0.15) is 6.54 Å². The Hall–Kier alpha value is -2.42. The maximum Gasteiger partial charge on any atom is 0.323 e. The van der Waals surface area contributed by atoms with Crippen molar-refractivity contribution in [2.45, 2.75) is 30.8 Å². The molecule has 4 N–H and O–H groups in total. The number of quaternary nitrogens is 1. The van der Waals surface area contributed by atoms with E-state index in [-0.39, 0.29) is 17.1 Å². The number of hydrogen-bond donors (Lipinski definition) is 4. The smallest absolute Gasteiger partial charge is 0.323 e. The summed E-state index contributed by atoms with van der Waals surface area (Å²) < 4.78 is 28.1. The van der Waals surface area contributed by atoms with Gasteiger partial charge in [-0.3, -0.25) is 0 Å². The number of benzene rings is 2. The number of fused-ring (bicyclic) bond motifs is 1. The molecule has 0 atom stereocenters. The molecule has 1 saturated heterocycles. The van der Waals surface area contributed by atoms with Crippen LogP contribution in [0.15, 0.2) is 52.2 Å². The SMILES string of the molecule is O=c1[nH]c2ccc(S(=O)(=O)NCc3ccccc3C[NH+]3CCCC3)cc2[nH]1. The number of sulfonamides is 1. The van der Waals surface area contributed by atoms with E-state index in [1.807, 2.05) is 18.2 Å². The van der Waals surface area contributed by atoms with Crippen molar-refractivity contribution in [2.24, 2.45) is 0 Å². The van der Waals surface area contributed by atoms with Gasteiger partial charge in [-0.2, -0.15) is 0 Å². The standard InChI is InChI=1S/C19H22N4O3S/c24-19-21-17-8-7-16(11-18(17)22-19)27(25,26)20-12-14-5-1-2-6-15(14)13-23-9-3-4-10-23/h1-2,5-8,11,20H,3-4,9-10,12-13H2,(H2,21,22,24)/p+1. The van der Waals surface area contributed by atoms with Gasteiger partial charge in [-0.25, -0.2) is 17.9 Å². The van der Waals surface area contributed by atoms with Crippen molar-refractivity contribution in [3.63, 3.8) is 0 Å². The lowest BCUT2D eigenvalue weighted by atomic mass is 10.1. The van der Waals surface area contributed by atoms with Crippen molar-refractivity contribution in [1.82, 2.24) is 14.7 Å². The van der Waals surface area contributed by atoms with Crippen molar-refractivity contribution in [3.05, 3.63) is 64.1 Å². The van der Waals surface area contributed by atoms with Crippen LogP contribution in [-0.4, -0.2) is 31.5 Å². The summed E-state index contributed by atoms with van der Waals surface area (Å²) in [5.41, 5.74) is 2.88. The fourth-order valence-electron chi connectivity index (χ4n) is 3.66. The summed E-state index contributed by atoms with van der Waals surface area (Å²) in [6, 6.07) is 12.5. The largest absolute Gasteiger partial charge is 0.331 e. The third-order valence-electron chi connectivity index (χ3n) is 5.12. The summed E-state index contributed by atoms with van der Waals surface area (Å²) in [7, 11) is -3.68. The van der Waals surface area contributed by atoms with Crippen molar-refractivity contribution >= 4 is 21.1 Å². The Kier molecular flexibility index (Phi) is 4.86. The Labute approximate surface area is 157 Å². The minimum absolute atomic E-state index is 0.132. The molecule has 0 amide bonds. The van der Waals surface area contributed by atoms with Gasteiger partial charge in [0.2, 0.25) is 10.0 Å². The van der Waals surface area contributed by atoms with Crippen LogP contribution >= 0.6 is 0 Å². The van der Waals surface area contributed by atoms with Crippen LogP contribution in [-0.2, 0) is 23.1 Å². The number of H-pyrrole nitrogens is 2. The molecular formula is C19H23N4O3S+. The number of aromatic amines is 2. The van der Waals surface area contributed by atoms with E-state index in [0.717, 1.165) is 12.1 Å². The van der Waals surface area contributed by atoms with Gasteiger partial charge < -0.3 is 14.9 Å². The van der Waals surface area contributed by atoms with Gasteiger partial charge in [0.25, 0.3) is 0 Å². The van der Waals surface area contributed by atoms with Gasteiger partial charge >= 0.3 is 5.69 Å². The van der Waals surface area contributed by atoms with Crippen LogP contribution < -0.4 is 15.3 Å². The average Bonchev–Trinajstić information content (AvgIpc) is 3.28. The van der Waals surface area contributed by atoms with E-state index >= 15 is 0 Å².